The Labute approximate surface area is 141 Å². The van der Waals surface area contributed by atoms with E-state index in [9.17, 15) is 8.42 Å². The second-order valence-electron chi connectivity index (χ2n) is 5.46. The van der Waals surface area contributed by atoms with Crippen LogP contribution >= 0.6 is 0 Å². The number of nitrogens with two attached hydrogens (primary N) is 1. The van der Waals surface area contributed by atoms with E-state index in [2.05, 4.69) is 5.32 Å². The van der Waals surface area contributed by atoms with Gasteiger partial charge < -0.3 is 14.8 Å². The highest BCUT2D eigenvalue weighted by molar-refractivity contribution is 7.89. The molecular formula is C17H20N2O4S. The minimum atomic E-state index is -3.80. The molecule has 7 heteroatoms. The minimum Gasteiger partial charge on any atom is -0.493 e. The van der Waals surface area contributed by atoms with E-state index in [4.69, 9.17) is 14.6 Å². The second-order valence-corrected chi connectivity index (χ2v) is 7.02. The number of rotatable bonds is 4. The zero-order valence-corrected chi connectivity index (χ0v) is 14.2. The molecule has 0 amide bonds. The van der Waals surface area contributed by atoms with Crippen molar-refractivity contribution >= 4 is 10.0 Å². The van der Waals surface area contributed by atoms with Crippen LogP contribution in [0.3, 0.4) is 0 Å². The Morgan fingerprint density at radius 3 is 2.83 bits per heavy atom. The fourth-order valence-corrected chi connectivity index (χ4v) is 3.27. The molecule has 0 atom stereocenters. The van der Waals surface area contributed by atoms with Crippen LogP contribution in [-0.2, 0) is 16.6 Å². The first-order chi connectivity index (χ1) is 11.5. The smallest absolute Gasteiger partial charge is 0.238 e. The summed E-state index contributed by atoms with van der Waals surface area (Å²) < 4.78 is 35.0. The molecule has 0 bridgehead atoms. The molecule has 1 aliphatic heterocycles. The Hall–Kier alpha value is -2.09. The van der Waals surface area contributed by atoms with Crippen molar-refractivity contribution in [3.05, 3.63) is 42.0 Å². The monoisotopic (exact) mass is 348 g/mol. The standard InChI is InChI=1S/C17H20N2O4S/c1-2-22-16-7-6-13(24(18,20)21)10-15(16)14-5-3-4-12-11-19-8-9-23-17(12)14/h3-7,10,19H,2,8-9,11H2,1H3,(H2,18,20,21). The second kappa shape index (κ2) is 6.80. The van der Waals surface area contributed by atoms with Crippen molar-refractivity contribution in [2.75, 3.05) is 19.8 Å². The van der Waals surface area contributed by atoms with Crippen LogP contribution in [0.2, 0.25) is 0 Å². The maximum atomic E-state index is 11.7. The van der Waals surface area contributed by atoms with E-state index in [0.717, 1.165) is 23.4 Å². The highest BCUT2D eigenvalue weighted by Crippen LogP contribution is 2.40. The average Bonchev–Trinajstić information content (AvgIpc) is 2.80. The van der Waals surface area contributed by atoms with E-state index in [1.54, 1.807) is 6.07 Å². The first kappa shape index (κ1) is 16.8. The van der Waals surface area contributed by atoms with Gasteiger partial charge in [0.05, 0.1) is 11.5 Å². The van der Waals surface area contributed by atoms with Crippen LogP contribution < -0.4 is 19.9 Å². The Morgan fingerprint density at radius 2 is 2.08 bits per heavy atom. The first-order valence-corrected chi connectivity index (χ1v) is 9.30. The topological polar surface area (TPSA) is 90.7 Å². The molecule has 0 aliphatic carbocycles. The van der Waals surface area contributed by atoms with Crippen molar-refractivity contribution < 1.29 is 17.9 Å². The minimum absolute atomic E-state index is 0.0466. The molecule has 128 valence electrons. The summed E-state index contributed by atoms with van der Waals surface area (Å²) in [5, 5.41) is 8.57. The van der Waals surface area contributed by atoms with Gasteiger partial charge in [0.2, 0.25) is 10.0 Å². The molecule has 2 aromatic rings. The van der Waals surface area contributed by atoms with Crippen LogP contribution in [0.25, 0.3) is 11.1 Å². The number of primary sulfonamides is 1. The molecule has 2 aromatic carbocycles. The number of hydrogen-bond acceptors (Lipinski definition) is 5. The summed E-state index contributed by atoms with van der Waals surface area (Å²) in [4.78, 5) is 0.0466. The van der Waals surface area contributed by atoms with Gasteiger partial charge in [-0.3, -0.25) is 0 Å². The average molecular weight is 348 g/mol. The molecule has 0 saturated heterocycles. The van der Waals surface area contributed by atoms with Gasteiger partial charge in [0, 0.05) is 29.8 Å². The molecule has 0 fully saturated rings. The normalized spacial score (nSPS) is 14.4. The Morgan fingerprint density at radius 1 is 1.25 bits per heavy atom. The molecule has 0 saturated carbocycles. The lowest BCUT2D eigenvalue weighted by Crippen LogP contribution is -2.16. The predicted molar refractivity (Wildman–Crippen MR) is 91.6 cm³/mol. The van der Waals surface area contributed by atoms with Gasteiger partial charge in [-0.1, -0.05) is 18.2 Å². The SMILES string of the molecule is CCOc1ccc(S(N)(=O)=O)cc1-c1cccc2c1OCCNC2. The van der Waals surface area contributed by atoms with Gasteiger partial charge in [0.15, 0.2) is 0 Å². The molecule has 3 N–H and O–H groups in total. The quantitative estimate of drug-likeness (QED) is 0.880. The fourth-order valence-electron chi connectivity index (χ4n) is 2.73. The van der Waals surface area contributed by atoms with Gasteiger partial charge in [0.1, 0.15) is 18.1 Å². The van der Waals surface area contributed by atoms with E-state index in [0.29, 0.717) is 31.1 Å². The molecule has 0 spiro atoms. The number of ether oxygens (including phenoxy) is 2. The fraction of sp³-hybridized carbons (Fsp3) is 0.294. The summed E-state index contributed by atoms with van der Waals surface area (Å²) in [6.45, 7) is 4.34. The van der Waals surface area contributed by atoms with E-state index in [1.165, 1.54) is 12.1 Å². The van der Waals surface area contributed by atoms with Crippen molar-refractivity contribution in [2.24, 2.45) is 5.14 Å². The third kappa shape index (κ3) is 3.38. The van der Waals surface area contributed by atoms with Crippen molar-refractivity contribution in [2.45, 2.75) is 18.4 Å². The first-order valence-electron chi connectivity index (χ1n) is 7.76. The number of benzene rings is 2. The number of fused-ring (bicyclic) bond motifs is 1. The lowest BCUT2D eigenvalue weighted by atomic mass is 10.0. The van der Waals surface area contributed by atoms with Crippen LogP contribution in [0.4, 0.5) is 0 Å². The summed E-state index contributed by atoms with van der Waals surface area (Å²) in [7, 11) is -3.80. The Bertz CT molecular complexity index is 850. The molecule has 1 heterocycles. The number of nitrogens with one attached hydrogen (secondary N) is 1. The van der Waals surface area contributed by atoms with Crippen molar-refractivity contribution in [3.63, 3.8) is 0 Å². The van der Waals surface area contributed by atoms with Crippen LogP contribution in [-0.4, -0.2) is 28.2 Å². The van der Waals surface area contributed by atoms with Crippen molar-refractivity contribution in [1.29, 1.82) is 0 Å². The van der Waals surface area contributed by atoms with Gasteiger partial charge in [-0.25, -0.2) is 13.6 Å². The third-order valence-electron chi connectivity index (χ3n) is 3.81. The maximum Gasteiger partial charge on any atom is 0.238 e. The van der Waals surface area contributed by atoms with Gasteiger partial charge >= 0.3 is 0 Å². The number of hydrogen-bond donors (Lipinski definition) is 2. The van der Waals surface area contributed by atoms with E-state index < -0.39 is 10.0 Å². The summed E-state index contributed by atoms with van der Waals surface area (Å²) >= 11 is 0. The molecule has 6 nitrogen and oxygen atoms in total. The van der Waals surface area contributed by atoms with Crippen LogP contribution in [0.15, 0.2) is 41.3 Å². The summed E-state index contributed by atoms with van der Waals surface area (Å²) in [5.74, 6) is 1.34. The summed E-state index contributed by atoms with van der Waals surface area (Å²) in [6, 6.07) is 10.4. The predicted octanol–water partition coefficient (Wildman–Crippen LogP) is 1.88. The van der Waals surface area contributed by atoms with Gasteiger partial charge in [-0.15, -0.1) is 0 Å². The summed E-state index contributed by atoms with van der Waals surface area (Å²) in [6.07, 6.45) is 0. The highest BCUT2D eigenvalue weighted by atomic mass is 32.2. The molecular weight excluding hydrogens is 328 g/mol. The molecule has 0 aromatic heterocycles. The molecule has 0 unspecified atom stereocenters. The van der Waals surface area contributed by atoms with E-state index in [1.807, 2.05) is 25.1 Å². The van der Waals surface area contributed by atoms with Gasteiger partial charge in [-0.2, -0.15) is 0 Å². The summed E-state index contributed by atoms with van der Waals surface area (Å²) in [5.41, 5.74) is 2.47. The lowest BCUT2D eigenvalue weighted by molar-refractivity contribution is 0.325. The van der Waals surface area contributed by atoms with Crippen LogP contribution in [0.1, 0.15) is 12.5 Å². The van der Waals surface area contributed by atoms with E-state index >= 15 is 0 Å². The van der Waals surface area contributed by atoms with Gasteiger partial charge in [0.25, 0.3) is 0 Å². The highest BCUT2D eigenvalue weighted by Gasteiger charge is 2.19. The Kier molecular flexibility index (Phi) is 4.75. The number of para-hydroxylation sites is 1. The van der Waals surface area contributed by atoms with Crippen molar-refractivity contribution in [1.82, 2.24) is 5.32 Å². The molecule has 3 rings (SSSR count). The zero-order valence-electron chi connectivity index (χ0n) is 13.4. The maximum absolute atomic E-state index is 11.7. The zero-order chi connectivity index (χ0) is 17.2. The van der Waals surface area contributed by atoms with Crippen LogP contribution in [0.5, 0.6) is 11.5 Å². The largest absolute Gasteiger partial charge is 0.493 e. The third-order valence-corrected chi connectivity index (χ3v) is 4.72. The van der Waals surface area contributed by atoms with Crippen LogP contribution in [0, 0.1) is 0 Å². The molecule has 0 radical (unpaired) electrons. The molecule has 24 heavy (non-hydrogen) atoms. The Balaban J connectivity index is 2.21. The number of sulfonamides is 1. The van der Waals surface area contributed by atoms with Crippen molar-refractivity contribution in [3.8, 4) is 22.6 Å². The van der Waals surface area contributed by atoms with Gasteiger partial charge in [-0.05, 0) is 25.1 Å². The lowest BCUT2D eigenvalue weighted by Gasteiger charge is -2.16. The molecule has 1 aliphatic rings. The van der Waals surface area contributed by atoms with E-state index in [-0.39, 0.29) is 4.90 Å².